The predicted molar refractivity (Wildman–Crippen MR) is 151 cm³/mol. The lowest BCUT2D eigenvalue weighted by atomic mass is 9.77. The normalized spacial score (nSPS) is 27.7. The number of hydrogen-bond acceptors (Lipinski definition) is 10. The highest BCUT2D eigenvalue weighted by Crippen LogP contribution is 2.55. The summed E-state index contributed by atoms with van der Waals surface area (Å²) in [5.41, 5.74) is -1.40. The van der Waals surface area contributed by atoms with Crippen molar-refractivity contribution in [3.05, 3.63) is 35.1 Å². The Hall–Kier alpha value is -2.82. The molecule has 2 aliphatic carbocycles. The Morgan fingerprint density at radius 3 is 2.60 bits per heavy atom. The second-order valence-corrected chi connectivity index (χ2v) is 13.3. The van der Waals surface area contributed by atoms with Crippen molar-refractivity contribution >= 4 is 11.9 Å². The molecule has 3 heterocycles. The molecule has 2 fully saturated rings. The highest BCUT2D eigenvalue weighted by Gasteiger charge is 2.59. The van der Waals surface area contributed by atoms with Gasteiger partial charge in [-0.3, -0.25) is 9.69 Å². The van der Waals surface area contributed by atoms with E-state index in [1.807, 2.05) is 12.1 Å². The molecular formula is C32H43NO9. The summed E-state index contributed by atoms with van der Waals surface area (Å²) in [4.78, 5) is 29.2. The van der Waals surface area contributed by atoms with Crippen LogP contribution in [0.5, 0.6) is 11.5 Å². The fraction of sp³-hybridized carbons (Fsp3) is 0.688. The molecule has 6 rings (SSSR count). The van der Waals surface area contributed by atoms with E-state index in [9.17, 15) is 19.8 Å². The van der Waals surface area contributed by atoms with E-state index in [0.29, 0.717) is 42.6 Å². The first-order valence-corrected chi connectivity index (χ1v) is 15.3. The van der Waals surface area contributed by atoms with Gasteiger partial charge in [0.1, 0.15) is 5.76 Å². The van der Waals surface area contributed by atoms with Gasteiger partial charge in [0.05, 0.1) is 37.2 Å². The molecule has 42 heavy (non-hydrogen) atoms. The van der Waals surface area contributed by atoms with E-state index < -0.39 is 41.2 Å². The minimum atomic E-state index is -2.11. The topological polar surface area (TPSA) is 124 Å². The average molecular weight is 586 g/mol. The maximum absolute atomic E-state index is 14.0. The zero-order chi connectivity index (χ0) is 29.7. The molecule has 0 radical (unpaired) electrons. The number of methoxy groups -OCH3 is 1. The Kier molecular flexibility index (Phi) is 7.68. The van der Waals surface area contributed by atoms with Crippen LogP contribution >= 0.6 is 0 Å². The van der Waals surface area contributed by atoms with Crippen LogP contribution < -0.4 is 9.47 Å². The molecule has 1 saturated heterocycles. The lowest BCUT2D eigenvalue weighted by Gasteiger charge is -2.39. The maximum atomic E-state index is 14.0. The number of esters is 2. The van der Waals surface area contributed by atoms with Gasteiger partial charge in [-0.05, 0) is 107 Å². The van der Waals surface area contributed by atoms with Crippen molar-refractivity contribution in [3.8, 4) is 11.5 Å². The number of benzene rings is 1. The third-order valence-electron chi connectivity index (χ3n) is 9.57. The van der Waals surface area contributed by atoms with Gasteiger partial charge >= 0.3 is 11.9 Å². The van der Waals surface area contributed by atoms with Crippen LogP contribution in [0.2, 0.25) is 0 Å². The molecule has 10 nitrogen and oxygen atoms in total. The zero-order valence-corrected chi connectivity index (χ0v) is 24.9. The molecule has 1 aromatic carbocycles. The van der Waals surface area contributed by atoms with Crippen molar-refractivity contribution < 1.29 is 43.5 Å². The lowest BCUT2D eigenvalue weighted by molar-refractivity contribution is -0.179. The van der Waals surface area contributed by atoms with Crippen LogP contribution in [0.25, 0.3) is 0 Å². The standard InChI is InChI=1S/C32H43NO9/c1-30(2,36)9-4-11-32(37,17-26(34)39-18-20-6-7-20)29(35)42-28-25(38-3)16-31-10-5-12-33(31)13-8-21-14-23-24(41-19-40-23)15-22(21)27(28)31/h14-16,20,27-28,36-37H,4-13,17-19H2,1-3H3. The van der Waals surface area contributed by atoms with Crippen LogP contribution in [0, 0.1) is 5.92 Å². The lowest BCUT2D eigenvalue weighted by Crippen LogP contribution is -2.49. The van der Waals surface area contributed by atoms with Crippen molar-refractivity contribution in [1.29, 1.82) is 0 Å². The first-order valence-electron chi connectivity index (χ1n) is 15.3. The van der Waals surface area contributed by atoms with E-state index in [-0.39, 0.29) is 19.1 Å². The number of aliphatic hydroxyl groups is 2. The summed E-state index contributed by atoms with van der Waals surface area (Å²) in [7, 11) is 1.57. The quantitative estimate of drug-likeness (QED) is 0.374. The van der Waals surface area contributed by atoms with Gasteiger partial charge in [0.2, 0.25) is 6.79 Å². The van der Waals surface area contributed by atoms with Crippen LogP contribution in [-0.4, -0.2) is 83.5 Å². The van der Waals surface area contributed by atoms with E-state index in [0.717, 1.165) is 56.3 Å². The molecule has 4 atom stereocenters. The second kappa shape index (κ2) is 11.0. The Morgan fingerprint density at radius 2 is 1.88 bits per heavy atom. The number of fused-ring (bicyclic) bond motifs is 3. The number of carbonyl (C=O) groups is 2. The largest absolute Gasteiger partial charge is 0.497 e. The van der Waals surface area contributed by atoms with E-state index in [4.69, 9.17) is 23.7 Å². The van der Waals surface area contributed by atoms with Crippen molar-refractivity contribution in [2.24, 2.45) is 5.92 Å². The van der Waals surface area contributed by atoms with Crippen LogP contribution in [0.4, 0.5) is 0 Å². The Morgan fingerprint density at radius 1 is 1.12 bits per heavy atom. The summed E-state index contributed by atoms with van der Waals surface area (Å²) in [5.74, 6) is 0.435. The molecule has 1 saturated carbocycles. The second-order valence-electron chi connectivity index (χ2n) is 13.3. The van der Waals surface area contributed by atoms with Gasteiger partial charge in [-0.2, -0.15) is 0 Å². The number of nitrogens with zero attached hydrogens (tertiary/aromatic N) is 1. The minimum absolute atomic E-state index is 0.0513. The first-order chi connectivity index (χ1) is 20.0. The molecule has 3 aliphatic heterocycles. The van der Waals surface area contributed by atoms with Gasteiger partial charge in [0.15, 0.2) is 23.2 Å². The predicted octanol–water partition coefficient (Wildman–Crippen LogP) is 3.36. The summed E-state index contributed by atoms with van der Waals surface area (Å²) in [6, 6.07) is 4.03. The van der Waals surface area contributed by atoms with Crippen LogP contribution in [0.15, 0.2) is 24.0 Å². The van der Waals surface area contributed by atoms with Crippen molar-refractivity contribution in [1.82, 2.24) is 4.90 Å². The van der Waals surface area contributed by atoms with Gasteiger partial charge in [0, 0.05) is 6.54 Å². The van der Waals surface area contributed by atoms with Crippen molar-refractivity contribution in [2.75, 3.05) is 33.6 Å². The molecule has 2 N–H and O–H groups in total. The third-order valence-corrected chi connectivity index (χ3v) is 9.57. The highest BCUT2D eigenvalue weighted by molar-refractivity contribution is 5.86. The monoisotopic (exact) mass is 585 g/mol. The summed E-state index contributed by atoms with van der Waals surface area (Å²) < 4.78 is 28.9. The van der Waals surface area contributed by atoms with Crippen molar-refractivity contribution in [2.45, 2.75) is 100 Å². The summed E-state index contributed by atoms with van der Waals surface area (Å²) in [6.07, 6.45) is 6.09. The van der Waals surface area contributed by atoms with E-state index in [1.54, 1.807) is 21.0 Å². The Bertz CT molecular complexity index is 1250. The molecule has 10 heteroatoms. The highest BCUT2D eigenvalue weighted by atomic mass is 16.7. The number of hydrogen-bond donors (Lipinski definition) is 2. The van der Waals surface area contributed by atoms with E-state index in [2.05, 4.69) is 11.0 Å². The fourth-order valence-corrected chi connectivity index (χ4v) is 7.18. The molecular weight excluding hydrogens is 542 g/mol. The van der Waals surface area contributed by atoms with Crippen LogP contribution in [0.3, 0.4) is 0 Å². The van der Waals surface area contributed by atoms with Crippen LogP contribution in [0.1, 0.15) is 82.3 Å². The molecule has 0 amide bonds. The molecule has 230 valence electrons. The molecule has 1 spiro atoms. The summed E-state index contributed by atoms with van der Waals surface area (Å²) >= 11 is 0. The van der Waals surface area contributed by atoms with Crippen LogP contribution in [-0.2, 0) is 30.2 Å². The smallest absolute Gasteiger partial charge is 0.339 e. The van der Waals surface area contributed by atoms with E-state index >= 15 is 0 Å². The summed E-state index contributed by atoms with van der Waals surface area (Å²) in [6.45, 7) is 5.55. The Balaban J connectivity index is 1.31. The molecule has 5 aliphatic rings. The van der Waals surface area contributed by atoms with Gasteiger partial charge < -0.3 is 33.9 Å². The SMILES string of the molecule is COC1=CC23CCCN2CCc2cc4c(cc2C3C1OC(=O)C(O)(CCCC(C)(C)O)CC(=O)OCC1CC1)OCO4. The maximum Gasteiger partial charge on any atom is 0.339 e. The molecule has 0 bridgehead atoms. The number of ether oxygens (including phenoxy) is 5. The van der Waals surface area contributed by atoms with Gasteiger partial charge in [-0.1, -0.05) is 0 Å². The van der Waals surface area contributed by atoms with E-state index in [1.165, 1.54) is 0 Å². The number of carbonyl (C=O) groups excluding carboxylic acids is 2. The Labute approximate surface area is 246 Å². The van der Waals surface area contributed by atoms with Gasteiger partial charge in [0.25, 0.3) is 0 Å². The fourth-order valence-electron chi connectivity index (χ4n) is 7.18. The zero-order valence-electron chi connectivity index (χ0n) is 24.9. The molecule has 0 aromatic heterocycles. The minimum Gasteiger partial charge on any atom is -0.497 e. The third kappa shape index (κ3) is 5.61. The van der Waals surface area contributed by atoms with Gasteiger partial charge in [-0.25, -0.2) is 4.79 Å². The molecule has 1 aromatic rings. The van der Waals surface area contributed by atoms with Gasteiger partial charge in [-0.15, -0.1) is 0 Å². The first kappa shape index (κ1) is 29.3. The molecule has 4 unspecified atom stereocenters. The average Bonchev–Trinajstić information content (AvgIpc) is 3.41. The summed E-state index contributed by atoms with van der Waals surface area (Å²) in [5, 5.41) is 22.0. The van der Waals surface area contributed by atoms with Crippen molar-refractivity contribution in [3.63, 3.8) is 0 Å². The number of rotatable bonds is 11.